The summed E-state index contributed by atoms with van der Waals surface area (Å²) in [6.45, 7) is 2.12. The fourth-order valence-electron chi connectivity index (χ4n) is 5.28. The van der Waals surface area contributed by atoms with Gasteiger partial charge in [-0.3, -0.25) is 0 Å². The van der Waals surface area contributed by atoms with Crippen LogP contribution in [-0.4, -0.2) is 11.1 Å². The van der Waals surface area contributed by atoms with Crippen LogP contribution in [0.3, 0.4) is 0 Å². The molecular weight excluding hydrogens is 212 g/mol. The molecule has 0 spiro atoms. The minimum absolute atomic E-state index is 0.280. The van der Waals surface area contributed by atoms with Crippen molar-refractivity contribution in [2.75, 3.05) is 0 Å². The number of rotatable bonds is 3. The van der Waals surface area contributed by atoms with Crippen LogP contribution in [0.5, 0.6) is 0 Å². The summed E-state index contributed by atoms with van der Waals surface area (Å²) in [5, 5.41) is 9.04. The maximum absolute atomic E-state index is 11.0. The van der Waals surface area contributed by atoms with E-state index in [1.54, 1.807) is 0 Å². The first-order valence-corrected chi connectivity index (χ1v) is 7.05. The monoisotopic (exact) mass is 234 g/mol. The van der Waals surface area contributed by atoms with Gasteiger partial charge in [-0.05, 0) is 68.1 Å². The Bertz CT molecular complexity index is 332. The van der Waals surface area contributed by atoms with Crippen molar-refractivity contribution in [2.45, 2.75) is 51.9 Å². The van der Waals surface area contributed by atoms with Crippen LogP contribution in [0.4, 0.5) is 0 Å². The van der Waals surface area contributed by atoms with Gasteiger partial charge in [0, 0.05) is 6.08 Å². The fourth-order valence-corrected chi connectivity index (χ4v) is 5.28. The first kappa shape index (κ1) is 11.3. The molecule has 0 aromatic carbocycles. The number of aliphatic carboxylic acids is 1. The quantitative estimate of drug-likeness (QED) is 0.757. The fraction of sp³-hybridized carbons (Fsp3) is 0.800. The average molecular weight is 234 g/mol. The molecule has 2 nitrogen and oxygen atoms in total. The second-order valence-electron chi connectivity index (χ2n) is 6.56. The van der Waals surface area contributed by atoms with Crippen molar-refractivity contribution in [3.63, 3.8) is 0 Å². The normalized spacial score (nSPS) is 44.1. The van der Waals surface area contributed by atoms with Crippen molar-refractivity contribution >= 4 is 5.97 Å². The summed E-state index contributed by atoms with van der Waals surface area (Å²) >= 11 is 0. The van der Waals surface area contributed by atoms with Crippen molar-refractivity contribution in [3.05, 3.63) is 11.6 Å². The summed E-state index contributed by atoms with van der Waals surface area (Å²) in [5.41, 5.74) is 1.51. The lowest BCUT2D eigenvalue weighted by atomic mass is 9.47. The largest absolute Gasteiger partial charge is 0.478 e. The van der Waals surface area contributed by atoms with E-state index in [9.17, 15) is 4.79 Å². The average Bonchev–Trinajstić information content (AvgIpc) is 2.23. The van der Waals surface area contributed by atoms with E-state index in [2.05, 4.69) is 6.92 Å². The molecule has 94 valence electrons. The summed E-state index contributed by atoms with van der Waals surface area (Å²) in [7, 11) is 0. The summed E-state index contributed by atoms with van der Waals surface area (Å²) < 4.78 is 0. The van der Waals surface area contributed by atoms with Crippen LogP contribution in [0.15, 0.2) is 11.6 Å². The third-order valence-electron chi connectivity index (χ3n) is 5.40. The van der Waals surface area contributed by atoms with Crippen molar-refractivity contribution in [1.29, 1.82) is 0 Å². The minimum Gasteiger partial charge on any atom is -0.478 e. The number of carboxylic acids is 1. The lowest BCUT2D eigenvalue weighted by Gasteiger charge is -2.57. The third kappa shape index (κ3) is 1.82. The van der Waals surface area contributed by atoms with Gasteiger partial charge in [-0.1, -0.05) is 12.5 Å². The van der Waals surface area contributed by atoms with Gasteiger partial charge in [-0.25, -0.2) is 4.79 Å². The van der Waals surface area contributed by atoms with Gasteiger partial charge >= 0.3 is 5.97 Å². The third-order valence-corrected chi connectivity index (χ3v) is 5.40. The molecule has 0 aromatic heterocycles. The van der Waals surface area contributed by atoms with Crippen LogP contribution < -0.4 is 0 Å². The lowest BCUT2D eigenvalue weighted by molar-refractivity contribution is -0.131. The lowest BCUT2D eigenvalue weighted by Crippen LogP contribution is -2.47. The number of allylic oxidation sites excluding steroid dienone is 1. The Balaban J connectivity index is 1.92. The topological polar surface area (TPSA) is 37.3 Å². The van der Waals surface area contributed by atoms with Gasteiger partial charge in [0.1, 0.15) is 0 Å². The summed E-state index contributed by atoms with van der Waals surface area (Å²) in [6, 6.07) is 0. The molecule has 0 heterocycles. The predicted octanol–water partition coefficient (Wildman–Crippen LogP) is 3.62. The first-order valence-electron chi connectivity index (χ1n) is 7.05. The molecule has 0 aromatic rings. The Kier molecular flexibility index (Phi) is 2.57. The molecule has 4 saturated carbocycles. The smallest absolute Gasteiger partial charge is 0.328 e. The molecule has 4 bridgehead atoms. The Morgan fingerprint density at radius 2 is 1.65 bits per heavy atom. The van der Waals surface area contributed by atoms with E-state index >= 15 is 0 Å². The zero-order valence-electron chi connectivity index (χ0n) is 10.6. The first-order chi connectivity index (χ1) is 8.11. The number of carbonyl (C=O) groups is 1. The molecule has 0 saturated heterocycles. The van der Waals surface area contributed by atoms with E-state index in [-0.39, 0.29) is 5.41 Å². The maximum atomic E-state index is 11.0. The highest BCUT2D eigenvalue weighted by atomic mass is 16.4. The molecule has 4 aliphatic rings. The molecular formula is C15H22O2. The van der Waals surface area contributed by atoms with E-state index in [1.807, 2.05) is 0 Å². The Labute approximate surface area is 103 Å². The minimum atomic E-state index is -0.752. The summed E-state index contributed by atoms with van der Waals surface area (Å²) in [5.74, 6) is 1.93. The van der Waals surface area contributed by atoms with Crippen molar-refractivity contribution in [3.8, 4) is 0 Å². The number of carboxylic acid groups (broad SMARTS) is 1. The van der Waals surface area contributed by atoms with Gasteiger partial charge in [-0.15, -0.1) is 0 Å². The van der Waals surface area contributed by atoms with Gasteiger partial charge in [0.15, 0.2) is 0 Å². The van der Waals surface area contributed by atoms with Crippen molar-refractivity contribution < 1.29 is 9.90 Å². The van der Waals surface area contributed by atoms with Crippen molar-refractivity contribution in [1.82, 2.24) is 0 Å². The van der Waals surface area contributed by atoms with Crippen LogP contribution in [-0.2, 0) is 4.79 Å². The zero-order valence-corrected chi connectivity index (χ0v) is 10.6. The molecule has 17 heavy (non-hydrogen) atoms. The Morgan fingerprint density at radius 3 is 2.00 bits per heavy atom. The highest BCUT2D eigenvalue weighted by molar-refractivity contribution is 5.81. The second-order valence-corrected chi connectivity index (χ2v) is 6.56. The molecule has 0 radical (unpaired) electrons. The van der Waals surface area contributed by atoms with Crippen LogP contribution in [0.25, 0.3) is 0 Å². The van der Waals surface area contributed by atoms with Crippen molar-refractivity contribution in [2.24, 2.45) is 23.2 Å². The summed E-state index contributed by atoms with van der Waals surface area (Å²) in [6.07, 6.45) is 10.5. The molecule has 2 heteroatoms. The van der Waals surface area contributed by atoms with E-state index in [4.69, 9.17) is 5.11 Å². The molecule has 1 N–H and O–H groups in total. The number of hydrogen-bond acceptors (Lipinski definition) is 1. The van der Waals surface area contributed by atoms with E-state index in [0.717, 1.165) is 24.2 Å². The molecule has 0 aliphatic heterocycles. The molecule has 0 amide bonds. The Morgan fingerprint density at radius 1 is 1.18 bits per heavy atom. The van der Waals surface area contributed by atoms with E-state index < -0.39 is 5.97 Å². The SMILES string of the molecule is CC/C(=C\C(=O)O)C12CC3CC(CC(C3)C1)C2. The molecule has 0 atom stereocenters. The van der Waals surface area contributed by atoms with E-state index in [1.165, 1.54) is 50.2 Å². The highest BCUT2D eigenvalue weighted by Gasteiger charge is 2.51. The standard InChI is InChI=1S/C15H22O2/c1-2-13(6-14(16)17)15-7-10-3-11(8-15)5-12(4-10)9-15/h6,10-12H,2-5,7-9H2,1H3,(H,16,17)/b13-6+. The highest BCUT2D eigenvalue weighted by Crippen LogP contribution is 2.63. The zero-order chi connectivity index (χ0) is 12.0. The number of hydrogen-bond donors (Lipinski definition) is 1. The molecule has 0 unspecified atom stereocenters. The van der Waals surface area contributed by atoms with E-state index in [0.29, 0.717) is 0 Å². The van der Waals surface area contributed by atoms with Gasteiger partial charge in [0.05, 0.1) is 0 Å². The van der Waals surface area contributed by atoms with Gasteiger partial charge < -0.3 is 5.11 Å². The molecule has 4 fully saturated rings. The van der Waals surface area contributed by atoms with Crippen LogP contribution in [0.1, 0.15) is 51.9 Å². The van der Waals surface area contributed by atoms with Gasteiger partial charge in [0.25, 0.3) is 0 Å². The molecule has 4 aliphatic carbocycles. The maximum Gasteiger partial charge on any atom is 0.328 e. The van der Waals surface area contributed by atoms with Crippen LogP contribution >= 0.6 is 0 Å². The van der Waals surface area contributed by atoms with Gasteiger partial charge in [0.2, 0.25) is 0 Å². The van der Waals surface area contributed by atoms with Crippen LogP contribution in [0, 0.1) is 23.2 Å². The summed E-state index contributed by atoms with van der Waals surface area (Å²) in [4.78, 5) is 11.0. The second kappa shape index (κ2) is 3.86. The molecule has 4 rings (SSSR count). The Hall–Kier alpha value is -0.790. The predicted molar refractivity (Wildman–Crippen MR) is 66.6 cm³/mol. The van der Waals surface area contributed by atoms with Gasteiger partial charge in [-0.2, -0.15) is 0 Å². The van der Waals surface area contributed by atoms with Crippen LogP contribution in [0.2, 0.25) is 0 Å².